The summed E-state index contributed by atoms with van der Waals surface area (Å²) in [5.41, 5.74) is -0.442. The van der Waals surface area contributed by atoms with Gasteiger partial charge in [0.25, 0.3) is 0 Å². The van der Waals surface area contributed by atoms with Crippen LogP contribution < -0.4 is 0 Å². The van der Waals surface area contributed by atoms with E-state index >= 15 is 0 Å². The Morgan fingerprint density at radius 2 is 1.80 bits per heavy atom. The van der Waals surface area contributed by atoms with Gasteiger partial charge in [0.05, 0.1) is 17.0 Å². The van der Waals surface area contributed by atoms with Crippen LogP contribution in [0.1, 0.15) is 57.8 Å². The molecule has 118 valence electrons. The van der Waals surface area contributed by atoms with Crippen LogP contribution in [0.4, 0.5) is 0 Å². The van der Waals surface area contributed by atoms with Gasteiger partial charge in [0.2, 0.25) is 0 Å². The first-order valence-corrected chi connectivity index (χ1v) is 9.76. The summed E-state index contributed by atoms with van der Waals surface area (Å²) in [6, 6.07) is 0. The largest absolute Gasteiger partial charge is 0.390 e. The zero-order chi connectivity index (χ0) is 14.8. The van der Waals surface area contributed by atoms with Crippen LogP contribution in [-0.2, 0) is 14.6 Å². The minimum absolute atomic E-state index is 0.0570. The highest BCUT2D eigenvalue weighted by Gasteiger charge is 2.45. The van der Waals surface area contributed by atoms with Gasteiger partial charge in [0, 0.05) is 13.4 Å². The van der Waals surface area contributed by atoms with E-state index in [1.54, 1.807) is 7.11 Å². The van der Waals surface area contributed by atoms with Gasteiger partial charge in [-0.3, -0.25) is 0 Å². The minimum Gasteiger partial charge on any atom is -0.390 e. The van der Waals surface area contributed by atoms with E-state index in [4.69, 9.17) is 4.74 Å². The predicted molar refractivity (Wildman–Crippen MR) is 79.4 cm³/mol. The van der Waals surface area contributed by atoms with Crippen LogP contribution in [0.15, 0.2) is 0 Å². The fourth-order valence-electron chi connectivity index (χ4n) is 4.06. The van der Waals surface area contributed by atoms with Crippen molar-refractivity contribution in [3.8, 4) is 0 Å². The Balaban J connectivity index is 2.09. The van der Waals surface area contributed by atoms with Crippen molar-refractivity contribution < 1.29 is 18.3 Å². The van der Waals surface area contributed by atoms with Gasteiger partial charge in [-0.2, -0.15) is 0 Å². The molecular formula is C15H28O4S. The Morgan fingerprint density at radius 1 is 1.15 bits per heavy atom. The molecule has 2 rings (SSSR count). The summed E-state index contributed by atoms with van der Waals surface area (Å²) in [6.45, 7) is 0. The van der Waals surface area contributed by atoms with Gasteiger partial charge in [-0.25, -0.2) is 8.42 Å². The monoisotopic (exact) mass is 304 g/mol. The molecule has 3 unspecified atom stereocenters. The fourth-order valence-corrected chi connectivity index (χ4v) is 5.25. The molecular weight excluding hydrogens is 276 g/mol. The van der Waals surface area contributed by atoms with Gasteiger partial charge < -0.3 is 9.84 Å². The van der Waals surface area contributed by atoms with Crippen LogP contribution >= 0.6 is 0 Å². The third-order valence-electron chi connectivity index (χ3n) is 5.36. The molecule has 2 saturated carbocycles. The highest BCUT2D eigenvalue weighted by Crippen LogP contribution is 2.41. The van der Waals surface area contributed by atoms with Crippen molar-refractivity contribution in [2.24, 2.45) is 5.92 Å². The van der Waals surface area contributed by atoms with E-state index in [9.17, 15) is 13.5 Å². The number of ether oxygens (including phenoxy) is 1. The first-order valence-electron chi connectivity index (χ1n) is 7.81. The maximum absolute atomic E-state index is 11.8. The van der Waals surface area contributed by atoms with Gasteiger partial charge in [-0.15, -0.1) is 0 Å². The van der Waals surface area contributed by atoms with E-state index in [2.05, 4.69) is 0 Å². The van der Waals surface area contributed by atoms with Crippen molar-refractivity contribution in [3.05, 3.63) is 0 Å². The molecule has 0 radical (unpaired) electrons. The number of rotatable bonds is 4. The highest BCUT2D eigenvalue weighted by molar-refractivity contribution is 7.91. The molecule has 0 spiro atoms. The maximum Gasteiger partial charge on any atom is 0.150 e. The summed E-state index contributed by atoms with van der Waals surface area (Å²) >= 11 is 0. The number of methoxy groups -OCH3 is 1. The lowest BCUT2D eigenvalue weighted by molar-refractivity contribution is -0.146. The molecule has 3 atom stereocenters. The number of aliphatic hydroxyl groups is 1. The summed E-state index contributed by atoms with van der Waals surface area (Å²) in [6.07, 6.45) is 9.09. The van der Waals surface area contributed by atoms with Gasteiger partial charge in [0.15, 0.2) is 0 Å². The molecule has 0 aromatic rings. The van der Waals surface area contributed by atoms with Crippen molar-refractivity contribution in [2.45, 2.75) is 74.7 Å². The van der Waals surface area contributed by atoms with Crippen LogP contribution in [-0.4, -0.2) is 43.8 Å². The van der Waals surface area contributed by atoms with Crippen LogP contribution in [0.5, 0.6) is 0 Å². The SMILES string of the molecule is COC1(C(O)C2CCCC(S(C)(=O)=O)C2)CCCCC1. The van der Waals surface area contributed by atoms with E-state index in [0.717, 1.165) is 44.9 Å². The van der Waals surface area contributed by atoms with E-state index in [0.29, 0.717) is 6.42 Å². The summed E-state index contributed by atoms with van der Waals surface area (Å²) in [4.78, 5) is 0. The first-order chi connectivity index (χ1) is 9.39. The van der Waals surface area contributed by atoms with Gasteiger partial charge in [0.1, 0.15) is 9.84 Å². The lowest BCUT2D eigenvalue weighted by atomic mass is 9.72. The molecule has 2 aliphatic rings. The molecule has 4 nitrogen and oxygen atoms in total. The Kier molecular flexibility index (Phi) is 5.14. The second-order valence-electron chi connectivity index (χ2n) is 6.65. The quantitative estimate of drug-likeness (QED) is 0.865. The zero-order valence-corrected chi connectivity index (χ0v) is 13.5. The summed E-state index contributed by atoms with van der Waals surface area (Å²) < 4.78 is 29.2. The minimum atomic E-state index is -3.00. The van der Waals surface area contributed by atoms with Crippen molar-refractivity contribution >= 4 is 9.84 Å². The number of sulfone groups is 1. The standard InChI is InChI=1S/C15H28O4S/c1-19-15(9-4-3-5-10-15)14(16)12-7-6-8-13(11-12)20(2,17)18/h12-14,16H,3-11H2,1-2H3. The highest BCUT2D eigenvalue weighted by atomic mass is 32.2. The third-order valence-corrected chi connectivity index (χ3v) is 7.00. The van der Waals surface area contributed by atoms with Crippen LogP contribution in [0.25, 0.3) is 0 Å². The Hall–Kier alpha value is -0.130. The van der Waals surface area contributed by atoms with Crippen LogP contribution in [0.2, 0.25) is 0 Å². The molecule has 0 aromatic carbocycles. The zero-order valence-electron chi connectivity index (χ0n) is 12.7. The van der Waals surface area contributed by atoms with Crippen molar-refractivity contribution in [1.82, 2.24) is 0 Å². The Morgan fingerprint density at radius 3 is 2.35 bits per heavy atom. The average Bonchev–Trinajstić information content (AvgIpc) is 2.46. The third kappa shape index (κ3) is 3.37. The number of hydrogen-bond donors (Lipinski definition) is 1. The molecule has 2 aliphatic carbocycles. The molecule has 0 aromatic heterocycles. The number of hydrogen-bond acceptors (Lipinski definition) is 4. The van der Waals surface area contributed by atoms with Crippen molar-refractivity contribution in [2.75, 3.05) is 13.4 Å². The molecule has 0 saturated heterocycles. The van der Waals surface area contributed by atoms with E-state index in [1.165, 1.54) is 12.7 Å². The second-order valence-corrected chi connectivity index (χ2v) is 8.98. The molecule has 5 heteroatoms. The smallest absolute Gasteiger partial charge is 0.150 e. The van der Waals surface area contributed by atoms with Crippen LogP contribution in [0.3, 0.4) is 0 Å². The van der Waals surface area contributed by atoms with E-state index < -0.39 is 21.5 Å². The molecule has 0 heterocycles. The van der Waals surface area contributed by atoms with E-state index in [1.807, 2.05) is 0 Å². The second kappa shape index (κ2) is 6.32. The molecule has 0 bridgehead atoms. The summed E-state index contributed by atoms with van der Waals surface area (Å²) in [7, 11) is -1.32. The van der Waals surface area contributed by atoms with Crippen molar-refractivity contribution in [1.29, 1.82) is 0 Å². The lowest BCUT2D eigenvalue weighted by Crippen LogP contribution is -2.51. The summed E-state index contributed by atoms with van der Waals surface area (Å²) in [5.74, 6) is 0.0570. The first kappa shape index (κ1) is 16.2. The molecule has 1 N–H and O–H groups in total. The Labute approximate surface area is 122 Å². The lowest BCUT2D eigenvalue weighted by Gasteiger charge is -2.44. The number of aliphatic hydroxyl groups excluding tert-OH is 1. The molecule has 2 fully saturated rings. The normalized spacial score (nSPS) is 32.8. The van der Waals surface area contributed by atoms with Gasteiger partial charge in [-0.1, -0.05) is 25.7 Å². The molecule has 0 amide bonds. The molecule has 20 heavy (non-hydrogen) atoms. The molecule has 0 aliphatic heterocycles. The maximum atomic E-state index is 11.8. The topological polar surface area (TPSA) is 63.6 Å². The van der Waals surface area contributed by atoms with Gasteiger partial charge >= 0.3 is 0 Å². The van der Waals surface area contributed by atoms with Crippen LogP contribution in [0, 0.1) is 5.92 Å². The predicted octanol–water partition coefficient (Wildman–Crippen LogP) is 2.30. The van der Waals surface area contributed by atoms with Gasteiger partial charge in [-0.05, 0) is 38.0 Å². The fraction of sp³-hybridized carbons (Fsp3) is 1.00. The van der Waals surface area contributed by atoms with Crippen molar-refractivity contribution in [3.63, 3.8) is 0 Å². The summed E-state index contributed by atoms with van der Waals surface area (Å²) in [5, 5.41) is 10.5. The average molecular weight is 304 g/mol. The van der Waals surface area contributed by atoms with E-state index in [-0.39, 0.29) is 11.2 Å². The Bertz CT molecular complexity index is 412.